The largest absolute Gasteiger partial charge is 0.495 e. The third-order valence-electron chi connectivity index (χ3n) is 7.29. The zero-order valence-corrected chi connectivity index (χ0v) is 18.4. The smallest absolute Gasteiger partial charge is 0.244 e. The molecule has 0 saturated heterocycles. The molecular formula is C22H32N2O4S. The van der Waals surface area contributed by atoms with Gasteiger partial charge in [0.25, 0.3) is 0 Å². The van der Waals surface area contributed by atoms with Gasteiger partial charge in [0.05, 0.1) is 7.11 Å². The van der Waals surface area contributed by atoms with E-state index < -0.39 is 10.0 Å². The van der Waals surface area contributed by atoms with Crippen LogP contribution in [0.15, 0.2) is 17.0 Å². The number of amides is 1. The first-order chi connectivity index (χ1) is 13.7. The molecule has 4 fully saturated rings. The molecular weight excluding hydrogens is 388 g/mol. The summed E-state index contributed by atoms with van der Waals surface area (Å²) in [4.78, 5) is 13.1. The van der Waals surface area contributed by atoms with Crippen molar-refractivity contribution in [1.82, 2.24) is 10.0 Å². The van der Waals surface area contributed by atoms with Crippen molar-refractivity contribution in [1.29, 1.82) is 0 Å². The number of carbonyl (C=O) groups excluding carboxylic acids is 1. The van der Waals surface area contributed by atoms with E-state index in [4.69, 9.17) is 4.74 Å². The minimum absolute atomic E-state index is 0.125. The van der Waals surface area contributed by atoms with E-state index in [1.807, 2.05) is 13.8 Å². The Bertz CT molecular complexity index is 874. The average molecular weight is 421 g/mol. The number of carbonyl (C=O) groups is 1. The van der Waals surface area contributed by atoms with Crippen LogP contribution in [0.25, 0.3) is 0 Å². The Morgan fingerprint density at radius 1 is 1.03 bits per heavy atom. The van der Waals surface area contributed by atoms with E-state index >= 15 is 0 Å². The van der Waals surface area contributed by atoms with Crippen LogP contribution in [0, 0.1) is 37.0 Å². The van der Waals surface area contributed by atoms with Gasteiger partial charge in [0.1, 0.15) is 10.6 Å². The fourth-order valence-electron chi connectivity index (χ4n) is 6.15. The summed E-state index contributed by atoms with van der Waals surface area (Å²) in [6.07, 6.45) is 6.92. The fourth-order valence-corrected chi connectivity index (χ4v) is 7.41. The molecule has 1 aromatic carbocycles. The lowest BCUT2D eigenvalue weighted by Gasteiger charge is -2.55. The van der Waals surface area contributed by atoms with E-state index in [1.165, 1.54) is 26.4 Å². The number of sulfonamides is 1. The van der Waals surface area contributed by atoms with E-state index in [1.54, 1.807) is 12.1 Å². The normalized spacial score (nSPS) is 30.4. The minimum Gasteiger partial charge on any atom is -0.495 e. The highest BCUT2D eigenvalue weighted by Gasteiger charge is 2.54. The number of nitrogens with one attached hydrogen (secondary N) is 2. The van der Waals surface area contributed by atoms with Crippen LogP contribution in [-0.4, -0.2) is 34.5 Å². The second-order valence-corrected chi connectivity index (χ2v) is 11.2. The SMILES string of the molecule is COc1cc(C)c(C)cc1S(=O)(=O)NCCNC(=O)C12CC3CC(CC(C3)C1)C2. The zero-order valence-electron chi connectivity index (χ0n) is 17.6. The number of hydrogen-bond donors (Lipinski definition) is 2. The molecule has 0 aliphatic heterocycles. The van der Waals surface area contributed by atoms with Crippen molar-refractivity contribution in [3.63, 3.8) is 0 Å². The third kappa shape index (κ3) is 3.91. The van der Waals surface area contributed by atoms with Crippen LogP contribution >= 0.6 is 0 Å². The maximum absolute atomic E-state index is 13.0. The lowest BCUT2D eigenvalue weighted by molar-refractivity contribution is -0.146. The Balaban J connectivity index is 1.35. The van der Waals surface area contributed by atoms with Crippen LogP contribution in [0.1, 0.15) is 49.7 Å². The number of hydrogen-bond acceptors (Lipinski definition) is 4. The Morgan fingerprint density at radius 3 is 2.14 bits per heavy atom. The molecule has 1 amide bonds. The lowest BCUT2D eigenvalue weighted by Crippen LogP contribution is -2.54. The Kier molecular flexibility index (Phi) is 5.40. The molecule has 0 atom stereocenters. The highest BCUT2D eigenvalue weighted by Crippen LogP contribution is 2.60. The van der Waals surface area contributed by atoms with E-state index in [0.717, 1.165) is 30.4 Å². The Hall–Kier alpha value is -1.60. The topological polar surface area (TPSA) is 84.5 Å². The molecule has 0 heterocycles. The van der Waals surface area contributed by atoms with Crippen LogP contribution in [0.3, 0.4) is 0 Å². The standard InChI is InChI=1S/C22H32N2O4S/c1-14-6-19(28-3)20(7-15(14)2)29(26,27)24-5-4-23-21(25)22-11-16-8-17(12-22)10-18(9-16)13-22/h6-7,16-18,24H,4-5,8-13H2,1-3H3,(H,23,25). The zero-order chi connectivity index (χ0) is 20.8. The van der Waals surface area contributed by atoms with E-state index in [-0.39, 0.29) is 22.8 Å². The molecule has 4 saturated carbocycles. The summed E-state index contributed by atoms with van der Waals surface area (Å²) < 4.78 is 33.3. The quantitative estimate of drug-likeness (QED) is 0.664. The summed E-state index contributed by atoms with van der Waals surface area (Å²) in [5.41, 5.74) is 1.66. The molecule has 0 radical (unpaired) electrons. The van der Waals surface area contributed by atoms with Gasteiger partial charge in [0, 0.05) is 18.5 Å². The summed E-state index contributed by atoms with van der Waals surface area (Å²) in [6, 6.07) is 3.36. The monoisotopic (exact) mass is 420 g/mol. The van der Waals surface area contributed by atoms with Crippen LogP contribution < -0.4 is 14.8 Å². The summed E-state index contributed by atoms with van der Waals surface area (Å²) in [6.45, 7) is 4.25. The first-order valence-electron chi connectivity index (χ1n) is 10.7. The molecule has 7 heteroatoms. The molecule has 29 heavy (non-hydrogen) atoms. The van der Waals surface area contributed by atoms with Crippen molar-refractivity contribution in [2.75, 3.05) is 20.2 Å². The molecule has 6 nitrogen and oxygen atoms in total. The second-order valence-electron chi connectivity index (χ2n) is 9.44. The van der Waals surface area contributed by atoms with Crippen LogP contribution in [-0.2, 0) is 14.8 Å². The molecule has 4 aliphatic carbocycles. The van der Waals surface area contributed by atoms with Gasteiger partial charge in [-0.25, -0.2) is 13.1 Å². The van der Waals surface area contributed by atoms with Gasteiger partial charge < -0.3 is 10.1 Å². The van der Waals surface area contributed by atoms with Gasteiger partial charge in [-0.1, -0.05) is 0 Å². The third-order valence-corrected chi connectivity index (χ3v) is 8.77. The number of methoxy groups -OCH3 is 1. The van der Waals surface area contributed by atoms with Crippen molar-refractivity contribution >= 4 is 15.9 Å². The molecule has 0 unspecified atom stereocenters. The van der Waals surface area contributed by atoms with Crippen LogP contribution in [0.5, 0.6) is 5.75 Å². The number of rotatable bonds is 7. The van der Waals surface area contributed by atoms with Crippen molar-refractivity contribution in [2.45, 2.75) is 57.3 Å². The van der Waals surface area contributed by atoms with Gasteiger partial charge in [-0.15, -0.1) is 0 Å². The van der Waals surface area contributed by atoms with Gasteiger partial charge >= 0.3 is 0 Å². The van der Waals surface area contributed by atoms with Crippen LogP contribution in [0.2, 0.25) is 0 Å². The van der Waals surface area contributed by atoms with E-state index in [9.17, 15) is 13.2 Å². The molecule has 4 aliphatic rings. The van der Waals surface area contributed by atoms with Crippen LogP contribution in [0.4, 0.5) is 0 Å². The second kappa shape index (κ2) is 7.58. The molecule has 1 aromatic rings. The van der Waals surface area contributed by atoms with Crippen molar-refractivity contribution in [3.05, 3.63) is 23.3 Å². The Morgan fingerprint density at radius 2 is 1.59 bits per heavy atom. The summed E-state index contributed by atoms with van der Waals surface area (Å²) in [7, 11) is -2.24. The van der Waals surface area contributed by atoms with Gasteiger partial charge in [0.15, 0.2) is 0 Å². The van der Waals surface area contributed by atoms with Gasteiger partial charge in [-0.05, 0) is 93.4 Å². The molecule has 160 valence electrons. The minimum atomic E-state index is -3.71. The lowest BCUT2D eigenvalue weighted by atomic mass is 9.49. The van der Waals surface area contributed by atoms with E-state index in [2.05, 4.69) is 10.0 Å². The number of aryl methyl sites for hydroxylation is 2. The average Bonchev–Trinajstić information content (AvgIpc) is 2.65. The maximum Gasteiger partial charge on any atom is 0.244 e. The number of benzene rings is 1. The molecule has 5 rings (SSSR count). The van der Waals surface area contributed by atoms with Gasteiger partial charge in [-0.2, -0.15) is 0 Å². The van der Waals surface area contributed by atoms with Crippen molar-refractivity contribution in [2.24, 2.45) is 23.2 Å². The van der Waals surface area contributed by atoms with Gasteiger partial charge in [-0.3, -0.25) is 4.79 Å². The molecule has 4 bridgehead atoms. The van der Waals surface area contributed by atoms with Gasteiger partial charge in [0.2, 0.25) is 15.9 Å². The highest BCUT2D eigenvalue weighted by molar-refractivity contribution is 7.89. The fraction of sp³-hybridized carbons (Fsp3) is 0.682. The highest BCUT2D eigenvalue weighted by atomic mass is 32.2. The predicted molar refractivity (Wildman–Crippen MR) is 111 cm³/mol. The Labute approximate surface area is 173 Å². The predicted octanol–water partition coefficient (Wildman–Crippen LogP) is 2.92. The summed E-state index contributed by atoms with van der Waals surface area (Å²) in [5, 5.41) is 3.02. The van der Waals surface area contributed by atoms with Crippen molar-refractivity contribution < 1.29 is 17.9 Å². The first kappa shape index (κ1) is 20.7. The summed E-state index contributed by atoms with van der Waals surface area (Å²) in [5.74, 6) is 2.59. The number of ether oxygens (including phenoxy) is 1. The molecule has 0 aromatic heterocycles. The maximum atomic E-state index is 13.0. The summed E-state index contributed by atoms with van der Waals surface area (Å²) >= 11 is 0. The van der Waals surface area contributed by atoms with E-state index in [0.29, 0.717) is 30.0 Å². The molecule has 0 spiro atoms. The first-order valence-corrected chi connectivity index (χ1v) is 12.1. The van der Waals surface area contributed by atoms with Crippen molar-refractivity contribution in [3.8, 4) is 5.75 Å². The molecule has 2 N–H and O–H groups in total.